The SMILES string of the molecule is Cc1cc(C(=O)N2CCCC(C(C)N)C2)no1.Cl. The third-order valence-electron chi connectivity index (χ3n) is 3.34. The molecule has 1 aliphatic rings. The van der Waals surface area contributed by atoms with Gasteiger partial charge in [-0.15, -0.1) is 12.4 Å². The van der Waals surface area contributed by atoms with E-state index in [0.29, 0.717) is 17.4 Å². The number of aryl methyl sites for hydroxylation is 1. The zero-order chi connectivity index (χ0) is 12.4. The number of nitrogens with two attached hydrogens (primary N) is 1. The van der Waals surface area contributed by atoms with Crippen molar-refractivity contribution in [3.05, 3.63) is 17.5 Å². The average molecular weight is 274 g/mol. The Kier molecular flexibility index (Phi) is 5.16. The Balaban J connectivity index is 0.00000162. The van der Waals surface area contributed by atoms with Gasteiger partial charge in [0, 0.05) is 25.2 Å². The van der Waals surface area contributed by atoms with Crippen LogP contribution in [-0.4, -0.2) is 35.1 Å². The molecule has 1 aliphatic heterocycles. The highest BCUT2D eigenvalue weighted by Gasteiger charge is 2.27. The summed E-state index contributed by atoms with van der Waals surface area (Å²) in [5.74, 6) is 1.00. The number of rotatable bonds is 2. The van der Waals surface area contributed by atoms with E-state index in [1.807, 2.05) is 11.8 Å². The fourth-order valence-electron chi connectivity index (χ4n) is 2.25. The van der Waals surface area contributed by atoms with Crippen LogP contribution in [0.2, 0.25) is 0 Å². The van der Waals surface area contributed by atoms with Crippen molar-refractivity contribution in [2.45, 2.75) is 32.7 Å². The summed E-state index contributed by atoms with van der Waals surface area (Å²) in [7, 11) is 0. The van der Waals surface area contributed by atoms with Gasteiger partial charge < -0.3 is 15.2 Å². The van der Waals surface area contributed by atoms with Gasteiger partial charge in [-0.05, 0) is 32.6 Å². The number of carbonyl (C=O) groups excluding carboxylic acids is 1. The first-order valence-corrected chi connectivity index (χ1v) is 6.06. The first kappa shape index (κ1) is 15.0. The summed E-state index contributed by atoms with van der Waals surface area (Å²) in [6.45, 7) is 5.29. The Morgan fingerprint density at radius 1 is 1.67 bits per heavy atom. The second-order valence-corrected chi connectivity index (χ2v) is 4.84. The smallest absolute Gasteiger partial charge is 0.276 e. The van der Waals surface area contributed by atoms with Gasteiger partial charge in [0.15, 0.2) is 5.69 Å². The molecule has 0 radical (unpaired) electrons. The monoisotopic (exact) mass is 273 g/mol. The van der Waals surface area contributed by atoms with Crippen LogP contribution in [0.3, 0.4) is 0 Å². The molecule has 2 unspecified atom stereocenters. The normalized spacial score (nSPS) is 21.3. The largest absolute Gasteiger partial charge is 0.361 e. The predicted molar refractivity (Wildman–Crippen MR) is 70.8 cm³/mol. The molecule has 1 fully saturated rings. The van der Waals surface area contributed by atoms with Crippen LogP contribution in [0.25, 0.3) is 0 Å². The summed E-state index contributed by atoms with van der Waals surface area (Å²) in [5.41, 5.74) is 6.30. The average Bonchev–Trinajstić information content (AvgIpc) is 2.75. The van der Waals surface area contributed by atoms with Crippen molar-refractivity contribution >= 4 is 18.3 Å². The fourth-order valence-corrected chi connectivity index (χ4v) is 2.25. The van der Waals surface area contributed by atoms with Crippen LogP contribution in [0.15, 0.2) is 10.6 Å². The van der Waals surface area contributed by atoms with E-state index < -0.39 is 0 Å². The number of amides is 1. The van der Waals surface area contributed by atoms with Gasteiger partial charge in [0.05, 0.1) is 0 Å². The molecule has 5 nitrogen and oxygen atoms in total. The molecule has 0 bridgehead atoms. The molecular formula is C12H20ClN3O2. The van der Waals surface area contributed by atoms with Gasteiger partial charge in [-0.3, -0.25) is 4.79 Å². The Hall–Kier alpha value is -1.07. The lowest BCUT2D eigenvalue weighted by atomic mass is 9.92. The fraction of sp³-hybridized carbons (Fsp3) is 0.667. The molecular weight excluding hydrogens is 254 g/mol. The first-order valence-electron chi connectivity index (χ1n) is 6.06. The number of aromatic nitrogens is 1. The van der Waals surface area contributed by atoms with E-state index in [1.165, 1.54) is 0 Å². The van der Waals surface area contributed by atoms with Crippen molar-refractivity contribution in [2.24, 2.45) is 11.7 Å². The van der Waals surface area contributed by atoms with Crippen molar-refractivity contribution in [1.29, 1.82) is 0 Å². The second-order valence-electron chi connectivity index (χ2n) is 4.84. The lowest BCUT2D eigenvalue weighted by molar-refractivity contribution is 0.0650. The number of carbonyl (C=O) groups is 1. The Morgan fingerprint density at radius 2 is 2.39 bits per heavy atom. The van der Waals surface area contributed by atoms with E-state index in [-0.39, 0.29) is 24.4 Å². The Morgan fingerprint density at radius 3 is 2.94 bits per heavy atom. The minimum absolute atomic E-state index is 0. The number of nitrogens with zero attached hydrogens (tertiary/aromatic N) is 2. The van der Waals surface area contributed by atoms with E-state index in [1.54, 1.807) is 13.0 Å². The summed E-state index contributed by atoms with van der Waals surface area (Å²) >= 11 is 0. The van der Waals surface area contributed by atoms with Gasteiger partial charge in [0.2, 0.25) is 0 Å². The summed E-state index contributed by atoms with van der Waals surface area (Å²) in [5, 5.41) is 3.76. The molecule has 2 atom stereocenters. The molecule has 6 heteroatoms. The standard InChI is InChI=1S/C12H19N3O2.ClH/c1-8-6-11(14-17-8)12(16)15-5-3-4-10(7-15)9(2)13;/h6,9-10H,3-5,7,13H2,1-2H3;1H. The molecule has 1 aromatic rings. The molecule has 2 N–H and O–H groups in total. The molecule has 18 heavy (non-hydrogen) atoms. The van der Waals surface area contributed by atoms with E-state index in [9.17, 15) is 4.79 Å². The van der Waals surface area contributed by atoms with E-state index >= 15 is 0 Å². The summed E-state index contributed by atoms with van der Waals surface area (Å²) < 4.78 is 4.93. The van der Waals surface area contributed by atoms with Crippen molar-refractivity contribution < 1.29 is 9.32 Å². The maximum Gasteiger partial charge on any atom is 0.276 e. The van der Waals surface area contributed by atoms with Crippen molar-refractivity contribution in [3.8, 4) is 0 Å². The third kappa shape index (κ3) is 3.23. The Bertz CT molecular complexity index is 406. The van der Waals surface area contributed by atoms with E-state index in [0.717, 1.165) is 25.9 Å². The predicted octanol–water partition coefficient (Wildman–Crippen LogP) is 1.60. The van der Waals surface area contributed by atoms with Gasteiger partial charge in [-0.1, -0.05) is 5.16 Å². The highest BCUT2D eigenvalue weighted by molar-refractivity contribution is 5.92. The Labute approximate surface area is 113 Å². The third-order valence-corrected chi connectivity index (χ3v) is 3.34. The molecule has 0 aliphatic carbocycles. The number of hydrogen-bond donors (Lipinski definition) is 1. The zero-order valence-electron chi connectivity index (χ0n) is 10.8. The van der Waals surface area contributed by atoms with Crippen LogP contribution in [0, 0.1) is 12.8 Å². The second kappa shape index (κ2) is 6.20. The quantitative estimate of drug-likeness (QED) is 0.888. The number of piperidine rings is 1. The minimum atomic E-state index is -0.0489. The van der Waals surface area contributed by atoms with Crippen LogP contribution in [0.1, 0.15) is 36.0 Å². The number of hydrogen-bond acceptors (Lipinski definition) is 4. The van der Waals surface area contributed by atoms with Gasteiger partial charge >= 0.3 is 0 Å². The summed E-state index contributed by atoms with van der Waals surface area (Å²) in [4.78, 5) is 14.0. The lowest BCUT2D eigenvalue weighted by Crippen LogP contribution is -2.45. The van der Waals surface area contributed by atoms with Crippen LogP contribution < -0.4 is 5.73 Å². The van der Waals surface area contributed by atoms with Gasteiger partial charge in [-0.25, -0.2) is 0 Å². The first-order chi connectivity index (χ1) is 8.08. The molecule has 1 saturated heterocycles. The molecule has 0 aromatic carbocycles. The topological polar surface area (TPSA) is 72.4 Å². The molecule has 0 spiro atoms. The maximum absolute atomic E-state index is 12.1. The van der Waals surface area contributed by atoms with Crippen molar-refractivity contribution in [3.63, 3.8) is 0 Å². The zero-order valence-corrected chi connectivity index (χ0v) is 11.6. The van der Waals surface area contributed by atoms with Gasteiger partial charge in [-0.2, -0.15) is 0 Å². The molecule has 0 saturated carbocycles. The van der Waals surface area contributed by atoms with Crippen LogP contribution in [-0.2, 0) is 0 Å². The molecule has 1 aromatic heterocycles. The summed E-state index contributed by atoms with van der Waals surface area (Å²) in [6.07, 6.45) is 2.11. The molecule has 102 valence electrons. The van der Waals surface area contributed by atoms with Crippen LogP contribution in [0.4, 0.5) is 0 Å². The maximum atomic E-state index is 12.1. The molecule has 1 amide bonds. The lowest BCUT2D eigenvalue weighted by Gasteiger charge is -2.34. The number of likely N-dealkylation sites (tertiary alicyclic amines) is 1. The highest BCUT2D eigenvalue weighted by atomic mass is 35.5. The van der Waals surface area contributed by atoms with Crippen molar-refractivity contribution in [1.82, 2.24) is 10.1 Å². The van der Waals surface area contributed by atoms with Crippen molar-refractivity contribution in [2.75, 3.05) is 13.1 Å². The molecule has 2 heterocycles. The number of halogens is 1. The molecule has 2 rings (SSSR count). The van der Waals surface area contributed by atoms with E-state index in [2.05, 4.69) is 5.16 Å². The van der Waals surface area contributed by atoms with Crippen LogP contribution >= 0.6 is 12.4 Å². The van der Waals surface area contributed by atoms with Crippen LogP contribution in [0.5, 0.6) is 0 Å². The van der Waals surface area contributed by atoms with Gasteiger partial charge in [0.25, 0.3) is 5.91 Å². The van der Waals surface area contributed by atoms with Gasteiger partial charge in [0.1, 0.15) is 5.76 Å². The summed E-state index contributed by atoms with van der Waals surface area (Å²) in [6, 6.07) is 1.81. The minimum Gasteiger partial charge on any atom is -0.361 e. The van der Waals surface area contributed by atoms with E-state index in [4.69, 9.17) is 10.3 Å². The highest BCUT2D eigenvalue weighted by Crippen LogP contribution is 2.20.